The predicted octanol–water partition coefficient (Wildman–Crippen LogP) is 11.5. The number of hydrogen-bond donors (Lipinski definition) is 1. The lowest BCUT2D eigenvalue weighted by Gasteiger charge is -2.25. The number of nitrogens with one attached hydrogen (secondary N) is 1. The van der Waals surface area contributed by atoms with E-state index >= 15 is 0 Å². The van der Waals surface area contributed by atoms with Gasteiger partial charge in [0.1, 0.15) is 31.0 Å². The lowest BCUT2D eigenvalue weighted by atomic mass is 9.98. The van der Waals surface area contributed by atoms with Gasteiger partial charge in [-0.05, 0) is 55.9 Å². The van der Waals surface area contributed by atoms with Crippen molar-refractivity contribution in [2.45, 2.75) is 174 Å². The highest BCUT2D eigenvalue weighted by Crippen LogP contribution is 2.44. The SMILES string of the molecule is CCCCCCCCCCCCCCCC(=O)O[C@H](COC(=O)CCCCC)CSC[C@H](NC(=O)OCC1c2ccccc2-c2ccccc21)C(=O)OC(C)(C)C. The number of amides is 1. The Hall–Kier alpha value is -3.53. The molecule has 318 valence electrons. The number of benzene rings is 2. The minimum absolute atomic E-state index is 0.0702. The Morgan fingerprint density at radius 2 is 1.14 bits per heavy atom. The maximum absolute atomic E-state index is 13.3. The van der Waals surface area contributed by atoms with Crippen LogP contribution >= 0.6 is 11.8 Å². The second-order valence-electron chi connectivity index (χ2n) is 16.3. The number of carbonyl (C=O) groups is 4. The molecule has 0 aliphatic heterocycles. The van der Waals surface area contributed by atoms with Crippen LogP contribution in [0.4, 0.5) is 4.79 Å². The summed E-state index contributed by atoms with van der Waals surface area (Å²) in [7, 11) is 0. The molecule has 0 unspecified atom stereocenters. The van der Waals surface area contributed by atoms with Crippen molar-refractivity contribution >= 4 is 35.8 Å². The van der Waals surface area contributed by atoms with E-state index in [4.69, 9.17) is 18.9 Å². The van der Waals surface area contributed by atoms with Crippen molar-refractivity contribution in [3.8, 4) is 11.1 Å². The van der Waals surface area contributed by atoms with Gasteiger partial charge >= 0.3 is 24.0 Å². The molecule has 0 saturated heterocycles. The van der Waals surface area contributed by atoms with Crippen molar-refractivity contribution < 1.29 is 38.1 Å². The maximum Gasteiger partial charge on any atom is 0.407 e. The molecule has 1 aliphatic carbocycles. The van der Waals surface area contributed by atoms with Crippen molar-refractivity contribution in [3.63, 3.8) is 0 Å². The van der Waals surface area contributed by atoms with E-state index in [1.165, 1.54) is 76.0 Å². The zero-order valence-corrected chi connectivity index (χ0v) is 36.4. The molecule has 0 saturated carbocycles. The van der Waals surface area contributed by atoms with Gasteiger partial charge in [0, 0.05) is 30.3 Å². The smallest absolute Gasteiger partial charge is 0.407 e. The number of ether oxygens (including phenoxy) is 4. The summed E-state index contributed by atoms with van der Waals surface area (Å²) in [5.41, 5.74) is 3.64. The first-order chi connectivity index (χ1) is 27.5. The third-order valence-corrected chi connectivity index (χ3v) is 11.3. The van der Waals surface area contributed by atoms with Crippen molar-refractivity contribution in [2.24, 2.45) is 0 Å². The first-order valence-electron chi connectivity index (χ1n) is 21.8. The highest BCUT2D eigenvalue weighted by atomic mass is 32.2. The Kier molecular flexibility index (Phi) is 22.8. The lowest BCUT2D eigenvalue weighted by Crippen LogP contribution is -2.46. The lowest BCUT2D eigenvalue weighted by molar-refractivity contribution is -0.158. The second kappa shape index (κ2) is 27.2. The molecule has 0 fully saturated rings. The Balaban J connectivity index is 1.50. The van der Waals surface area contributed by atoms with Gasteiger partial charge in [-0.15, -0.1) is 0 Å². The molecule has 2 atom stereocenters. The Morgan fingerprint density at radius 3 is 1.70 bits per heavy atom. The molecule has 2 aromatic rings. The van der Waals surface area contributed by atoms with Crippen LogP contribution in [0.25, 0.3) is 11.1 Å². The van der Waals surface area contributed by atoms with Gasteiger partial charge in [0.15, 0.2) is 0 Å². The van der Waals surface area contributed by atoms with E-state index < -0.39 is 29.8 Å². The fourth-order valence-corrected chi connectivity index (χ4v) is 8.09. The highest BCUT2D eigenvalue weighted by Gasteiger charge is 2.31. The van der Waals surface area contributed by atoms with Crippen LogP contribution in [0, 0.1) is 0 Å². The van der Waals surface area contributed by atoms with Gasteiger partial charge in [-0.1, -0.05) is 152 Å². The van der Waals surface area contributed by atoms with Gasteiger partial charge < -0.3 is 24.3 Å². The fourth-order valence-electron chi connectivity index (χ4n) is 7.07. The summed E-state index contributed by atoms with van der Waals surface area (Å²) in [4.78, 5) is 51.9. The normalized spacial score (nSPS) is 13.3. The molecule has 0 spiro atoms. The van der Waals surface area contributed by atoms with Gasteiger partial charge in [0.2, 0.25) is 0 Å². The van der Waals surface area contributed by atoms with E-state index in [0.29, 0.717) is 12.8 Å². The number of hydrogen-bond acceptors (Lipinski definition) is 9. The van der Waals surface area contributed by atoms with Gasteiger partial charge in [-0.3, -0.25) is 9.59 Å². The van der Waals surface area contributed by atoms with Gasteiger partial charge in [0.25, 0.3) is 0 Å². The third kappa shape index (κ3) is 19.2. The molecule has 9 nitrogen and oxygen atoms in total. The van der Waals surface area contributed by atoms with Crippen LogP contribution in [0.3, 0.4) is 0 Å². The molecule has 0 radical (unpaired) electrons. The molecule has 57 heavy (non-hydrogen) atoms. The average Bonchev–Trinajstić information content (AvgIpc) is 3.50. The molecular weight excluding hydrogens is 739 g/mol. The van der Waals surface area contributed by atoms with Crippen LogP contribution in [0.1, 0.15) is 167 Å². The summed E-state index contributed by atoms with van der Waals surface area (Å²) in [6, 6.07) is 15.2. The van der Waals surface area contributed by atoms with E-state index in [9.17, 15) is 19.2 Å². The van der Waals surface area contributed by atoms with Crippen LogP contribution in [0.5, 0.6) is 0 Å². The van der Waals surface area contributed by atoms with E-state index in [1.807, 2.05) is 36.4 Å². The number of carbonyl (C=O) groups excluding carboxylic acids is 4. The van der Waals surface area contributed by atoms with Crippen molar-refractivity contribution in [1.82, 2.24) is 5.32 Å². The molecule has 10 heteroatoms. The topological polar surface area (TPSA) is 117 Å². The quantitative estimate of drug-likeness (QED) is 0.0487. The number of alkyl carbamates (subject to hydrolysis) is 1. The number of thioether (sulfide) groups is 1. The molecule has 0 heterocycles. The van der Waals surface area contributed by atoms with Crippen molar-refractivity contribution in [1.29, 1.82) is 0 Å². The van der Waals surface area contributed by atoms with Crippen LogP contribution in [0.2, 0.25) is 0 Å². The average molecular weight is 810 g/mol. The first-order valence-corrected chi connectivity index (χ1v) is 22.9. The summed E-state index contributed by atoms with van der Waals surface area (Å²) in [6.07, 6.45) is 17.7. The van der Waals surface area contributed by atoms with Crippen molar-refractivity contribution in [3.05, 3.63) is 59.7 Å². The molecule has 1 aliphatic rings. The predicted molar refractivity (Wildman–Crippen MR) is 230 cm³/mol. The minimum atomic E-state index is -1.02. The Bertz CT molecular complexity index is 1440. The zero-order chi connectivity index (χ0) is 41.3. The van der Waals surface area contributed by atoms with Crippen LogP contribution in [-0.4, -0.2) is 66.5 Å². The van der Waals surface area contributed by atoms with Crippen LogP contribution in [0.15, 0.2) is 48.5 Å². The molecule has 3 rings (SSSR count). The highest BCUT2D eigenvalue weighted by molar-refractivity contribution is 7.99. The molecule has 1 N–H and O–H groups in total. The molecule has 0 bridgehead atoms. The summed E-state index contributed by atoms with van der Waals surface area (Å²) >= 11 is 1.31. The standard InChI is InChI=1S/C47H71NO8S/c1-6-8-10-11-12-13-14-15-16-17-18-19-21-31-44(50)55-36(32-53-43(49)30-20-9-7-2)34-57-35-42(45(51)56-47(3,4)5)48-46(52)54-33-41-39-28-24-22-26-37(39)38-27-23-25-29-40(38)41/h22-29,36,41-42H,6-21,30-35H2,1-5H3,(H,48,52)/t36-,42+/m1/s1. The Morgan fingerprint density at radius 1 is 0.649 bits per heavy atom. The summed E-state index contributed by atoms with van der Waals surface area (Å²) in [5.74, 6) is -0.978. The van der Waals surface area contributed by atoms with Gasteiger partial charge in [-0.2, -0.15) is 11.8 Å². The summed E-state index contributed by atoms with van der Waals surface area (Å²) in [6.45, 7) is 9.66. The number of fused-ring (bicyclic) bond motifs is 3. The molecule has 0 aromatic heterocycles. The van der Waals surface area contributed by atoms with Crippen LogP contribution in [-0.2, 0) is 33.3 Å². The summed E-state index contributed by atoms with van der Waals surface area (Å²) < 4.78 is 22.7. The number of esters is 3. The van der Waals surface area contributed by atoms with Crippen molar-refractivity contribution in [2.75, 3.05) is 24.7 Å². The van der Waals surface area contributed by atoms with E-state index in [2.05, 4.69) is 31.3 Å². The fraction of sp³-hybridized carbons (Fsp3) is 0.660. The largest absolute Gasteiger partial charge is 0.462 e. The monoisotopic (exact) mass is 809 g/mol. The second-order valence-corrected chi connectivity index (χ2v) is 17.4. The molecule has 1 amide bonds. The maximum atomic E-state index is 13.3. The Labute approximate surface area is 347 Å². The van der Waals surface area contributed by atoms with Crippen LogP contribution < -0.4 is 5.32 Å². The first kappa shape index (κ1) is 47.8. The van der Waals surface area contributed by atoms with Gasteiger partial charge in [-0.25, -0.2) is 9.59 Å². The number of unbranched alkanes of at least 4 members (excludes halogenated alkanes) is 14. The molecule has 2 aromatic carbocycles. The number of rotatable bonds is 29. The van der Waals surface area contributed by atoms with E-state index in [0.717, 1.165) is 60.8 Å². The van der Waals surface area contributed by atoms with Gasteiger partial charge in [0.05, 0.1) is 0 Å². The summed E-state index contributed by atoms with van der Waals surface area (Å²) in [5, 5.41) is 2.72. The van der Waals surface area contributed by atoms with E-state index in [-0.39, 0.29) is 42.6 Å². The third-order valence-electron chi connectivity index (χ3n) is 10.1. The van der Waals surface area contributed by atoms with E-state index in [1.54, 1.807) is 20.8 Å². The zero-order valence-electron chi connectivity index (χ0n) is 35.6. The minimum Gasteiger partial charge on any atom is -0.462 e. The molecular formula is C47H71NO8S.